The summed E-state index contributed by atoms with van der Waals surface area (Å²) < 4.78 is 25.1. The molecule has 1 heterocycles. The standard InChI is InChI=1S/C17H28N4O2S.HI/c1-4-15-6-8-16(9-7-15)14-20(3)17(18-2)19-10-12-21-11-5-13-24(21,22)23;/h6-9H,4-5,10-14H2,1-3H3,(H,18,19);1H. The fourth-order valence-corrected chi connectivity index (χ4v) is 4.38. The molecule has 8 heteroatoms. The second-order valence-electron chi connectivity index (χ2n) is 6.07. The number of guanidine groups is 1. The van der Waals surface area contributed by atoms with Crippen LogP contribution < -0.4 is 5.32 Å². The lowest BCUT2D eigenvalue weighted by atomic mass is 10.1. The number of benzene rings is 1. The van der Waals surface area contributed by atoms with Crippen molar-refractivity contribution >= 4 is 40.0 Å². The predicted octanol–water partition coefficient (Wildman–Crippen LogP) is 1.91. The van der Waals surface area contributed by atoms with Gasteiger partial charge in [0.15, 0.2) is 5.96 Å². The van der Waals surface area contributed by atoms with Gasteiger partial charge in [-0.15, -0.1) is 24.0 Å². The number of nitrogens with zero attached hydrogens (tertiary/aromatic N) is 3. The molecule has 0 bridgehead atoms. The van der Waals surface area contributed by atoms with Crippen molar-refractivity contribution in [1.29, 1.82) is 0 Å². The van der Waals surface area contributed by atoms with Gasteiger partial charge in [-0.2, -0.15) is 0 Å². The Hall–Kier alpha value is -0.870. The van der Waals surface area contributed by atoms with E-state index in [0.29, 0.717) is 19.6 Å². The molecule has 1 aliphatic heterocycles. The van der Waals surface area contributed by atoms with Crippen LogP contribution in [0.4, 0.5) is 0 Å². The van der Waals surface area contributed by atoms with Crippen LogP contribution in [0.25, 0.3) is 0 Å². The highest BCUT2D eigenvalue weighted by atomic mass is 127. The molecule has 0 radical (unpaired) electrons. The average molecular weight is 480 g/mol. The maximum absolute atomic E-state index is 11.8. The van der Waals surface area contributed by atoms with E-state index in [1.54, 1.807) is 11.4 Å². The van der Waals surface area contributed by atoms with Crippen molar-refractivity contribution in [3.63, 3.8) is 0 Å². The molecule has 2 rings (SSSR count). The molecule has 25 heavy (non-hydrogen) atoms. The number of rotatable bonds is 6. The molecule has 1 fully saturated rings. The molecular weight excluding hydrogens is 451 g/mol. The highest BCUT2D eigenvalue weighted by molar-refractivity contribution is 14.0. The van der Waals surface area contributed by atoms with Crippen molar-refractivity contribution in [2.45, 2.75) is 26.3 Å². The van der Waals surface area contributed by atoms with Crippen LogP contribution in [0.3, 0.4) is 0 Å². The zero-order valence-electron chi connectivity index (χ0n) is 15.2. The molecule has 0 aromatic heterocycles. The topological polar surface area (TPSA) is 65.0 Å². The van der Waals surface area contributed by atoms with Gasteiger partial charge in [-0.05, 0) is 24.0 Å². The summed E-state index contributed by atoms with van der Waals surface area (Å²) in [5.74, 6) is 1.04. The van der Waals surface area contributed by atoms with Crippen LogP contribution in [0.15, 0.2) is 29.3 Å². The molecule has 0 saturated carbocycles. The fourth-order valence-electron chi connectivity index (χ4n) is 2.85. The monoisotopic (exact) mass is 480 g/mol. The lowest BCUT2D eigenvalue weighted by molar-refractivity contribution is 0.432. The van der Waals surface area contributed by atoms with Crippen LogP contribution in [-0.4, -0.2) is 63.1 Å². The first-order valence-corrected chi connectivity index (χ1v) is 10.0. The first-order valence-electron chi connectivity index (χ1n) is 8.43. The maximum Gasteiger partial charge on any atom is 0.214 e. The van der Waals surface area contributed by atoms with Crippen molar-refractivity contribution in [3.05, 3.63) is 35.4 Å². The second kappa shape index (κ2) is 10.3. The summed E-state index contributed by atoms with van der Waals surface area (Å²) in [5, 5.41) is 3.25. The maximum atomic E-state index is 11.8. The Kier molecular flexibility index (Phi) is 9.15. The summed E-state index contributed by atoms with van der Waals surface area (Å²) in [6.07, 6.45) is 1.77. The van der Waals surface area contributed by atoms with Crippen molar-refractivity contribution in [2.75, 3.05) is 39.5 Å². The van der Waals surface area contributed by atoms with Gasteiger partial charge in [0, 0.05) is 40.3 Å². The van der Waals surface area contributed by atoms with Gasteiger partial charge in [0.1, 0.15) is 0 Å². The Balaban J connectivity index is 0.00000312. The predicted molar refractivity (Wildman–Crippen MR) is 114 cm³/mol. The molecule has 0 unspecified atom stereocenters. The molecule has 0 amide bonds. The van der Waals surface area contributed by atoms with Gasteiger partial charge in [0.05, 0.1) is 5.75 Å². The first-order chi connectivity index (χ1) is 11.5. The van der Waals surface area contributed by atoms with Gasteiger partial charge < -0.3 is 10.2 Å². The van der Waals surface area contributed by atoms with E-state index in [2.05, 4.69) is 41.5 Å². The van der Waals surface area contributed by atoms with Gasteiger partial charge >= 0.3 is 0 Å². The van der Waals surface area contributed by atoms with Crippen LogP contribution in [0.5, 0.6) is 0 Å². The molecule has 1 aliphatic rings. The average Bonchev–Trinajstić information content (AvgIpc) is 2.90. The Morgan fingerprint density at radius 2 is 1.92 bits per heavy atom. The number of sulfonamides is 1. The van der Waals surface area contributed by atoms with Gasteiger partial charge in [0.25, 0.3) is 0 Å². The summed E-state index contributed by atoms with van der Waals surface area (Å²) in [5.41, 5.74) is 2.55. The first kappa shape index (κ1) is 22.2. The quantitative estimate of drug-likeness (QED) is 0.384. The Morgan fingerprint density at radius 1 is 1.28 bits per heavy atom. The Morgan fingerprint density at radius 3 is 2.44 bits per heavy atom. The largest absolute Gasteiger partial charge is 0.355 e. The molecular formula is C17H29IN4O2S. The third-order valence-corrected chi connectivity index (χ3v) is 6.23. The number of hydrogen-bond acceptors (Lipinski definition) is 3. The zero-order chi connectivity index (χ0) is 17.6. The number of nitrogens with one attached hydrogen (secondary N) is 1. The number of hydrogen-bond donors (Lipinski definition) is 1. The van der Waals surface area contributed by atoms with E-state index in [0.717, 1.165) is 25.3 Å². The Bertz CT molecular complexity index is 662. The lowest BCUT2D eigenvalue weighted by Gasteiger charge is -2.23. The minimum absolute atomic E-state index is 0. The van der Waals surface area contributed by atoms with Gasteiger partial charge in [-0.25, -0.2) is 12.7 Å². The van der Waals surface area contributed by atoms with Crippen LogP contribution in [0, 0.1) is 0 Å². The second-order valence-corrected chi connectivity index (χ2v) is 8.16. The molecule has 0 aliphatic carbocycles. The van der Waals surface area contributed by atoms with Gasteiger partial charge in [-0.1, -0.05) is 31.2 Å². The van der Waals surface area contributed by atoms with E-state index in [1.807, 2.05) is 11.9 Å². The normalized spacial score (nSPS) is 17.2. The Labute approximate surface area is 168 Å². The molecule has 0 atom stereocenters. The van der Waals surface area contributed by atoms with E-state index in [1.165, 1.54) is 11.1 Å². The summed E-state index contributed by atoms with van der Waals surface area (Å²) in [4.78, 5) is 6.32. The molecule has 0 spiro atoms. The van der Waals surface area contributed by atoms with E-state index in [-0.39, 0.29) is 29.7 Å². The molecule has 142 valence electrons. The SMILES string of the molecule is CCc1ccc(CN(C)C(=NC)NCCN2CCCS2(=O)=O)cc1.I. The number of halogens is 1. The minimum Gasteiger partial charge on any atom is -0.355 e. The third-order valence-electron chi connectivity index (χ3n) is 4.27. The molecule has 1 aromatic rings. The number of aryl methyl sites for hydroxylation is 1. The molecule has 1 N–H and O–H groups in total. The summed E-state index contributed by atoms with van der Waals surface area (Å²) in [6.45, 7) is 4.58. The summed E-state index contributed by atoms with van der Waals surface area (Å²) >= 11 is 0. The van der Waals surface area contributed by atoms with Crippen molar-refractivity contribution < 1.29 is 8.42 Å². The molecule has 1 saturated heterocycles. The smallest absolute Gasteiger partial charge is 0.214 e. The van der Waals surface area contributed by atoms with Crippen LogP contribution >= 0.6 is 24.0 Å². The van der Waals surface area contributed by atoms with Gasteiger partial charge in [0.2, 0.25) is 10.0 Å². The van der Waals surface area contributed by atoms with Crippen LogP contribution in [0.1, 0.15) is 24.5 Å². The van der Waals surface area contributed by atoms with Crippen molar-refractivity contribution in [2.24, 2.45) is 4.99 Å². The highest BCUT2D eigenvalue weighted by Gasteiger charge is 2.27. The highest BCUT2D eigenvalue weighted by Crippen LogP contribution is 2.12. The van der Waals surface area contributed by atoms with E-state index >= 15 is 0 Å². The van der Waals surface area contributed by atoms with E-state index in [4.69, 9.17) is 0 Å². The molecule has 1 aromatic carbocycles. The zero-order valence-corrected chi connectivity index (χ0v) is 18.4. The fraction of sp³-hybridized carbons (Fsp3) is 0.588. The van der Waals surface area contributed by atoms with Gasteiger partial charge in [-0.3, -0.25) is 4.99 Å². The number of aliphatic imine (C=N–C) groups is 1. The third kappa shape index (κ3) is 6.41. The van der Waals surface area contributed by atoms with Crippen molar-refractivity contribution in [1.82, 2.24) is 14.5 Å². The van der Waals surface area contributed by atoms with E-state index < -0.39 is 10.0 Å². The van der Waals surface area contributed by atoms with E-state index in [9.17, 15) is 8.42 Å². The lowest BCUT2D eigenvalue weighted by Crippen LogP contribution is -2.42. The summed E-state index contributed by atoms with van der Waals surface area (Å²) in [6, 6.07) is 8.58. The molecule has 6 nitrogen and oxygen atoms in total. The van der Waals surface area contributed by atoms with Crippen LogP contribution in [-0.2, 0) is 23.0 Å². The minimum atomic E-state index is -3.03. The van der Waals surface area contributed by atoms with Crippen LogP contribution in [0.2, 0.25) is 0 Å². The summed E-state index contributed by atoms with van der Waals surface area (Å²) in [7, 11) is 0.696. The van der Waals surface area contributed by atoms with Crippen molar-refractivity contribution in [3.8, 4) is 0 Å².